The first kappa shape index (κ1) is 46.9. The average molecular weight is 1090 g/mol. The van der Waals surface area contributed by atoms with E-state index in [0.717, 1.165) is 39.0 Å². The summed E-state index contributed by atoms with van der Waals surface area (Å²) in [5.41, 5.74) is 18.7. The van der Waals surface area contributed by atoms with Crippen molar-refractivity contribution in [3.8, 4) is 28.4 Å². The van der Waals surface area contributed by atoms with E-state index in [1.54, 1.807) is 0 Å². The van der Waals surface area contributed by atoms with Crippen molar-refractivity contribution in [2.24, 2.45) is 0 Å². The number of para-hydroxylation sites is 2. The molecule has 2 aliphatic heterocycles. The van der Waals surface area contributed by atoms with Gasteiger partial charge in [-0.15, -0.1) is 35.2 Å². The van der Waals surface area contributed by atoms with E-state index in [2.05, 4.69) is 233 Å². The van der Waals surface area contributed by atoms with E-state index in [-0.39, 0.29) is 42.7 Å². The van der Waals surface area contributed by atoms with Gasteiger partial charge in [0.1, 0.15) is 5.82 Å². The second kappa shape index (κ2) is 15.6. The Morgan fingerprint density at radius 1 is 0.623 bits per heavy atom. The summed E-state index contributed by atoms with van der Waals surface area (Å²) in [7, 11) is 6.27. The molecule has 2 aromatic heterocycles. The van der Waals surface area contributed by atoms with E-state index in [0.29, 0.717) is 11.5 Å². The van der Waals surface area contributed by atoms with Crippen molar-refractivity contribution < 1.29 is 25.8 Å². The van der Waals surface area contributed by atoms with Crippen LogP contribution in [0.5, 0.6) is 11.5 Å². The van der Waals surface area contributed by atoms with Crippen LogP contribution < -0.4 is 19.4 Å². The predicted octanol–water partition coefficient (Wildman–Crippen LogP) is 15.2. The van der Waals surface area contributed by atoms with E-state index in [9.17, 15) is 0 Å². The molecule has 0 fully saturated rings. The largest absolute Gasteiger partial charge is 0.509 e. The Morgan fingerprint density at radius 2 is 1.23 bits per heavy atom. The number of anilines is 4. The Kier molecular flexibility index (Phi) is 10.6. The summed E-state index contributed by atoms with van der Waals surface area (Å²) in [5, 5.41) is 2.23. The third kappa shape index (κ3) is 7.01. The third-order valence-electron chi connectivity index (χ3n) is 14.8. The Balaban J connectivity index is 0.00000553. The van der Waals surface area contributed by atoms with Gasteiger partial charge in [-0.2, -0.15) is 18.8 Å². The molecule has 1 aliphatic carbocycles. The standard InChI is InChI=1S/C62H64N5O.Pt/c1-58(2,3)37-29-44-45-30-38(59(4,5)6)32-49(61(10,11)12)56(45)62(55(44)48(31-37)60(7,8)9)46-26-24-41(35-53(46)66-36-65(15)51-22-18-20-47(62)57(51)66)68-40-23-25-43-42-19-16-17-21-50(42)67(52(43)34-40)54-33-39(64(13)14)27-28-63-54;/h16-33,36H,1-15H3;/q-3;. The first-order valence-electron chi connectivity index (χ1n) is 24.2. The number of aromatic nitrogens is 2. The minimum absolute atomic E-state index is 0. The van der Waals surface area contributed by atoms with E-state index in [4.69, 9.17) is 9.72 Å². The first-order chi connectivity index (χ1) is 32.0. The van der Waals surface area contributed by atoms with Crippen molar-refractivity contribution in [3.63, 3.8) is 0 Å². The minimum atomic E-state index is -0.673. The molecule has 7 heteroatoms. The molecule has 0 N–H and O–H groups in total. The van der Waals surface area contributed by atoms with Crippen LogP contribution in [0.4, 0.5) is 22.7 Å². The van der Waals surface area contributed by atoms with Gasteiger partial charge < -0.3 is 24.0 Å². The number of nitrogens with zero attached hydrogens (tertiary/aromatic N) is 5. The van der Waals surface area contributed by atoms with Crippen molar-refractivity contribution >= 4 is 44.6 Å². The van der Waals surface area contributed by atoms with Crippen molar-refractivity contribution in [1.82, 2.24) is 9.55 Å². The molecule has 6 aromatic carbocycles. The molecule has 1 spiro atoms. The van der Waals surface area contributed by atoms with Crippen LogP contribution in [0.2, 0.25) is 0 Å². The maximum absolute atomic E-state index is 6.97. The van der Waals surface area contributed by atoms with Crippen molar-refractivity contribution in [2.45, 2.75) is 110 Å². The van der Waals surface area contributed by atoms with Crippen LogP contribution in [-0.4, -0.2) is 30.7 Å². The van der Waals surface area contributed by atoms with Gasteiger partial charge in [0, 0.05) is 86.9 Å². The van der Waals surface area contributed by atoms with E-state index >= 15 is 0 Å². The maximum atomic E-state index is 6.97. The summed E-state index contributed by atoms with van der Waals surface area (Å²) in [6, 6.07) is 46.1. The summed E-state index contributed by atoms with van der Waals surface area (Å²) in [4.78, 5) is 11.6. The smallest absolute Gasteiger partial charge is 0.137 e. The fourth-order valence-electron chi connectivity index (χ4n) is 11.3. The topological polar surface area (TPSA) is 36.8 Å². The zero-order chi connectivity index (χ0) is 48.2. The summed E-state index contributed by atoms with van der Waals surface area (Å²) < 4.78 is 9.17. The van der Waals surface area contributed by atoms with E-state index in [1.165, 1.54) is 67.0 Å². The molecular formula is C62H64N5OPt-3. The summed E-state index contributed by atoms with van der Waals surface area (Å²) in [6.45, 7) is 30.7. The molecule has 11 rings (SSSR count). The normalized spacial score (nSPS) is 14.8. The molecule has 8 aromatic rings. The molecule has 0 amide bonds. The van der Waals surface area contributed by atoms with Crippen molar-refractivity contribution in [3.05, 3.63) is 173 Å². The number of fused-ring (bicyclic) bond motifs is 12. The molecule has 3 aliphatic rings. The van der Waals surface area contributed by atoms with Crippen LogP contribution in [0.15, 0.2) is 109 Å². The molecule has 0 bridgehead atoms. The molecule has 0 saturated carbocycles. The fraction of sp³-hybridized carbons (Fsp3) is 0.323. The van der Waals surface area contributed by atoms with Gasteiger partial charge in [-0.3, -0.25) is 0 Å². The molecule has 0 atom stereocenters. The molecule has 4 heterocycles. The van der Waals surface area contributed by atoms with Gasteiger partial charge in [0.25, 0.3) is 0 Å². The van der Waals surface area contributed by atoms with Crippen LogP contribution in [-0.2, 0) is 48.1 Å². The zero-order valence-electron chi connectivity index (χ0n) is 42.9. The number of benzene rings is 6. The molecule has 0 radical (unpaired) electrons. The number of ether oxygens (including phenoxy) is 1. The maximum Gasteiger partial charge on any atom is 0.137 e. The molecule has 0 saturated heterocycles. The third-order valence-corrected chi connectivity index (χ3v) is 14.8. The number of hydrogen-bond acceptors (Lipinski definition) is 5. The Labute approximate surface area is 424 Å². The molecular weight excluding hydrogens is 1030 g/mol. The number of hydrogen-bond donors (Lipinski definition) is 0. The summed E-state index contributed by atoms with van der Waals surface area (Å²) in [5.74, 6) is 2.07. The molecule has 69 heavy (non-hydrogen) atoms. The monoisotopic (exact) mass is 1090 g/mol. The van der Waals surface area contributed by atoms with Crippen LogP contribution in [0.3, 0.4) is 0 Å². The van der Waals surface area contributed by atoms with Gasteiger partial charge in [0.05, 0.1) is 0 Å². The molecule has 6 nitrogen and oxygen atoms in total. The predicted molar refractivity (Wildman–Crippen MR) is 284 cm³/mol. The van der Waals surface area contributed by atoms with Crippen molar-refractivity contribution in [2.75, 3.05) is 35.8 Å². The first-order valence-corrected chi connectivity index (χ1v) is 24.2. The Morgan fingerprint density at radius 3 is 1.84 bits per heavy atom. The van der Waals surface area contributed by atoms with Crippen LogP contribution in [0, 0.1) is 18.8 Å². The van der Waals surface area contributed by atoms with Gasteiger partial charge in [-0.25, -0.2) is 4.98 Å². The quantitative estimate of drug-likeness (QED) is 0.164. The minimum Gasteiger partial charge on any atom is -0.509 e. The SMILES string of the molecule is CN(C)c1ccnc(-n2c3[c-]c(Oc4[c-]c5c(cc4)C4(c6cccc7c6N5[CH-]N7C)c5c(cc(C(C)(C)C)cc5C(C)(C)C)-c5cc(C(C)(C)C)cc(C(C)(C)C)c54)ccc3c3ccccc32)c1.[Pt]. The second-order valence-corrected chi connectivity index (χ2v) is 23.8. The average Bonchev–Trinajstić information content (AvgIpc) is 3.89. The van der Waals surface area contributed by atoms with E-state index in [1.807, 2.05) is 18.3 Å². The van der Waals surface area contributed by atoms with Gasteiger partial charge in [-0.05, 0) is 102 Å². The number of rotatable bonds is 4. The second-order valence-electron chi connectivity index (χ2n) is 23.8. The van der Waals surface area contributed by atoms with Crippen LogP contribution >= 0.6 is 0 Å². The van der Waals surface area contributed by atoms with Gasteiger partial charge in [0.15, 0.2) is 0 Å². The molecule has 0 unspecified atom stereocenters. The van der Waals surface area contributed by atoms with Crippen LogP contribution in [0.1, 0.15) is 128 Å². The molecule has 356 valence electrons. The van der Waals surface area contributed by atoms with Gasteiger partial charge in [-0.1, -0.05) is 149 Å². The Hall–Kier alpha value is -5.84. The van der Waals surface area contributed by atoms with Crippen LogP contribution in [0.25, 0.3) is 38.8 Å². The zero-order valence-corrected chi connectivity index (χ0v) is 45.2. The van der Waals surface area contributed by atoms with Gasteiger partial charge >= 0.3 is 0 Å². The Bertz CT molecular complexity index is 3320. The fourth-order valence-corrected chi connectivity index (χ4v) is 11.3. The van der Waals surface area contributed by atoms with E-state index < -0.39 is 5.41 Å². The summed E-state index contributed by atoms with van der Waals surface area (Å²) in [6.07, 6.45) is 1.87. The van der Waals surface area contributed by atoms with Gasteiger partial charge in [0.2, 0.25) is 0 Å². The number of pyridine rings is 1. The summed E-state index contributed by atoms with van der Waals surface area (Å²) >= 11 is 0. The van der Waals surface area contributed by atoms with Crippen molar-refractivity contribution in [1.29, 1.82) is 0 Å².